The molecule has 0 unspecified atom stereocenters. The monoisotopic (exact) mass is 392 g/mol. The van der Waals surface area contributed by atoms with Crippen LogP contribution >= 0.6 is 22.9 Å². The van der Waals surface area contributed by atoms with Gasteiger partial charge in [0.2, 0.25) is 0 Å². The number of aromatic nitrogens is 4. The Bertz CT molecular complexity index is 1260. The van der Waals surface area contributed by atoms with Crippen LogP contribution in [-0.4, -0.2) is 19.6 Å². The fraction of sp³-hybridized carbons (Fsp3) is 0.0500. The number of fused-ring (bicyclic) bond motifs is 3. The largest absolute Gasteiger partial charge is 0.487 e. The summed E-state index contributed by atoms with van der Waals surface area (Å²) in [5.41, 5.74) is 2.77. The number of hydrogen-bond acceptors (Lipinski definition) is 5. The van der Waals surface area contributed by atoms with Crippen molar-refractivity contribution in [2.24, 2.45) is 0 Å². The molecule has 0 atom stereocenters. The highest BCUT2D eigenvalue weighted by Gasteiger charge is 2.11. The van der Waals surface area contributed by atoms with Crippen LogP contribution in [0.3, 0.4) is 0 Å². The summed E-state index contributed by atoms with van der Waals surface area (Å²) in [6.45, 7) is 0.418. The molecule has 3 heterocycles. The summed E-state index contributed by atoms with van der Waals surface area (Å²) in [4.78, 5) is 10.1. The molecule has 132 valence electrons. The second-order valence-electron chi connectivity index (χ2n) is 6.01. The topological polar surface area (TPSA) is 52.3 Å². The third-order valence-electron chi connectivity index (χ3n) is 4.22. The first kappa shape index (κ1) is 16.2. The molecule has 0 aliphatic heterocycles. The van der Waals surface area contributed by atoms with Crippen LogP contribution < -0.4 is 4.74 Å². The first-order chi connectivity index (χ1) is 13.3. The van der Waals surface area contributed by atoms with Crippen molar-refractivity contribution < 1.29 is 4.74 Å². The maximum Gasteiger partial charge on any atom is 0.182 e. The zero-order valence-electron chi connectivity index (χ0n) is 14.0. The first-order valence-electron chi connectivity index (χ1n) is 8.33. The lowest BCUT2D eigenvalue weighted by molar-refractivity contribution is 0.306. The Morgan fingerprint density at radius 1 is 1.07 bits per heavy atom. The van der Waals surface area contributed by atoms with Crippen LogP contribution in [0.25, 0.3) is 27.3 Å². The summed E-state index contributed by atoms with van der Waals surface area (Å²) in [5.74, 6) is 1.33. The molecule has 5 nitrogen and oxygen atoms in total. The quantitative estimate of drug-likeness (QED) is 0.419. The summed E-state index contributed by atoms with van der Waals surface area (Å²) in [5, 5.41) is 8.20. The fourth-order valence-electron chi connectivity index (χ4n) is 2.91. The summed E-state index contributed by atoms with van der Waals surface area (Å²) < 4.78 is 7.55. The van der Waals surface area contributed by atoms with Gasteiger partial charge in [0.1, 0.15) is 23.5 Å². The highest BCUT2D eigenvalue weighted by Crippen LogP contribution is 2.26. The van der Waals surface area contributed by atoms with Crippen molar-refractivity contribution in [1.29, 1.82) is 0 Å². The predicted octanol–water partition coefficient (Wildman–Crippen LogP) is 5.24. The minimum absolute atomic E-state index is 0.418. The normalized spacial score (nSPS) is 11.3. The van der Waals surface area contributed by atoms with Crippen LogP contribution in [0.2, 0.25) is 5.02 Å². The van der Waals surface area contributed by atoms with Crippen LogP contribution in [0, 0.1) is 0 Å². The van der Waals surface area contributed by atoms with Gasteiger partial charge >= 0.3 is 0 Å². The molecule has 5 aromatic rings. The van der Waals surface area contributed by atoms with E-state index in [1.54, 1.807) is 22.2 Å². The van der Waals surface area contributed by atoms with Gasteiger partial charge in [-0.05, 0) is 35.2 Å². The Morgan fingerprint density at radius 3 is 2.93 bits per heavy atom. The Morgan fingerprint density at radius 2 is 2.00 bits per heavy atom. The highest BCUT2D eigenvalue weighted by atomic mass is 35.5. The maximum atomic E-state index is 6.15. The molecule has 3 aromatic heterocycles. The van der Waals surface area contributed by atoms with Crippen molar-refractivity contribution >= 4 is 38.8 Å². The molecular formula is C20H13ClN4OS. The van der Waals surface area contributed by atoms with E-state index in [1.807, 2.05) is 60.0 Å². The standard InChI is InChI=1S/C20H13ClN4OS/c21-16-6-1-2-7-17(16)26-11-13-4-3-5-14(10-13)18-23-19-15-8-9-27-20(15)22-12-25(19)24-18/h1-10,12H,11H2. The summed E-state index contributed by atoms with van der Waals surface area (Å²) in [6.07, 6.45) is 1.70. The Balaban J connectivity index is 1.46. The van der Waals surface area contributed by atoms with Crippen molar-refractivity contribution in [3.63, 3.8) is 0 Å². The summed E-state index contributed by atoms with van der Waals surface area (Å²) in [7, 11) is 0. The first-order valence-corrected chi connectivity index (χ1v) is 9.59. The molecular weight excluding hydrogens is 380 g/mol. The maximum absolute atomic E-state index is 6.15. The van der Waals surface area contributed by atoms with E-state index in [9.17, 15) is 0 Å². The van der Waals surface area contributed by atoms with E-state index in [0.717, 1.165) is 27.0 Å². The third kappa shape index (κ3) is 3.03. The number of ether oxygens (including phenoxy) is 1. The lowest BCUT2D eigenvalue weighted by Gasteiger charge is -2.08. The molecule has 0 aliphatic carbocycles. The highest BCUT2D eigenvalue weighted by molar-refractivity contribution is 7.16. The van der Waals surface area contributed by atoms with E-state index in [4.69, 9.17) is 21.3 Å². The molecule has 0 amide bonds. The third-order valence-corrected chi connectivity index (χ3v) is 5.35. The van der Waals surface area contributed by atoms with Crippen molar-refractivity contribution in [1.82, 2.24) is 19.6 Å². The van der Waals surface area contributed by atoms with Gasteiger partial charge in [0.05, 0.1) is 10.4 Å². The Kier molecular flexibility index (Phi) is 3.99. The van der Waals surface area contributed by atoms with E-state index in [-0.39, 0.29) is 0 Å². The average molecular weight is 393 g/mol. The molecule has 2 aromatic carbocycles. The van der Waals surface area contributed by atoms with Crippen molar-refractivity contribution in [2.45, 2.75) is 6.61 Å². The van der Waals surface area contributed by atoms with Crippen LogP contribution in [-0.2, 0) is 6.61 Å². The van der Waals surface area contributed by atoms with Gasteiger partial charge in [-0.1, -0.05) is 41.9 Å². The number of nitrogens with zero attached hydrogens (tertiary/aromatic N) is 4. The van der Waals surface area contributed by atoms with E-state index in [0.29, 0.717) is 23.2 Å². The smallest absolute Gasteiger partial charge is 0.182 e. The minimum atomic E-state index is 0.418. The predicted molar refractivity (Wildman–Crippen MR) is 107 cm³/mol. The van der Waals surface area contributed by atoms with Gasteiger partial charge in [0, 0.05) is 5.56 Å². The van der Waals surface area contributed by atoms with Crippen molar-refractivity contribution in [3.05, 3.63) is 76.9 Å². The van der Waals surface area contributed by atoms with E-state index in [2.05, 4.69) is 10.1 Å². The molecule has 5 rings (SSSR count). The van der Waals surface area contributed by atoms with Crippen molar-refractivity contribution in [2.75, 3.05) is 0 Å². The number of hydrogen-bond donors (Lipinski definition) is 0. The zero-order chi connectivity index (χ0) is 18.2. The van der Waals surface area contributed by atoms with Gasteiger partial charge < -0.3 is 4.74 Å². The second-order valence-corrected chi connectivity index (χ2v) is 7.31. The fourth-order valence-corrected chi connectivity index (χ4v) is 3.83. The summed E-state index contributed by atoms with van der Waals surface area (Å²) in [6, 6.07) is 17.5. The molecule has 27 heavy (non-hydrogen) atoms. The van der Waals surface area contributed by atoms with Gasteiger partial charge in [-0.2, -0.15) is 0 Å². The van der Waals surface area contributed by atoms with Gasteiger partial charge in [0.15, 0.2) is 11.5 Å². The second kappa shape index (κ2) is 6.64. The van der Waals surface area contributed by atoms with Gasteiger partial charge in [-0.25, -0.2) is 14.5 Å². The average Bonchev–Trinajstić information content (AvgIpc) is 3.34. The van der Waals surface area contributed by atoms with E-state index < -0.39 is 0 Å². The molecule has 0 saturated carbocycles. The van der Waals surface area contributed by atoms with Crippen LogP contribution in [0.5, 0.6) is 5.75 Å². The van der Waals surface area contributed by atoms with Crippen LogP contribution in [0.15, 0.2) is 66.3 Å². The minimum Gasteiger partial charge on any atom is -0.487 e. The molecule has 0 spiro atoms. The molecule has 0 N–H and O–H groups in total. The molecule has 0 saturated heterocycles. The SMILES string of the molecule is Clc1ccccc1OCc1cccc(-c2nc3c4ccsc4ncn3n2)c1. The van der Waals surface area contributed by atoms with Crippen LogP contribution in [0.4, 0.5) is 0 Å². The Hall–Kier alpha value is -2.96. The molecule has 0 fully saturated rings. The number of para-hydroxylation sites is 1. The van der Waals surface area contributed by atoms with Gasteiger partial charge in [-0.15, -0.1) is 16.4 Å². The van der Waals surface area contributed by atoms with Gasteiger partial charge in [0.25, 0.3) is 0 Å². The molecule has 0 aliphatic rings. The number of rotatable bonds is 4. The zero-order valence-corrected chi connectivity index (χ0v) is 15.6. The lowest BCUT2D eigenvalue weighted by Crippen LogP contribution is -1.96. The number of thiophene rings is 1. The number of halogens is 1. The summed E-state index contributed by atoms with van der Waals surface area (Å²) >= 11 is 7.74. The Labute approximate surface area is 163 Å². The lowest BCUT2D eigenvalue weighted by atomic mass is 10.1. The number of benzene rings is 2. The van der Waals surface area contributed by atoms with Gasteiger partial charge in [-0.3, -0.25) is 0 Å². The molecule has 0 bridgehead atoms. The molecule has 0 radical (unpaired) electrons. The van der Waals surface area contributed by atoms with Crippen molar-refractivity contribution in [3.8, 4) is 17.1 Å². The van der Waals surface area contributed by atoms with E-state index >= 15 is 0 Å². The molecule has 7 heteroatoms. The van der Waals surface area contributed by atoms with Crippen LogP contribution in [0.1, 0.15) is 5.56 Å². The van der Waals surface area contributed by atoms with E-state index in [1.165, 1.54) is 0 Å².